The second-order valence-corrected chi connectivity index (χ2v) is 4.96. The average molecular weight is 226 g/mol. The zero-order valence-electron chi connectivity index (χ0n) is 9.98. The molecule has 1 heterocycles. The first kappa shape index (κ1) is 11.9. The van der Waals surface area contributed by atoms with Crippen molar-refractivity contribution in [2.45, 2.75) is 44.7 Å². The Morgan fingerprint density at radius 2 is 2.31 bits per heavy atom. The Morgan fingerprint density at radius 3 is 3.00 bits per heavy atom. The predicted molar refractivity (Wildman–Crippen MR) is 62.4 cm³/mol. The highest BCUT2D eigenvalue weighted by atomic mass is 16.4. The van der Waals surface area contributed by atoms with Gasteiger partial charge >= 0.3 is 5.97 Å². The molecule has 1 saturated carbocycles. The van der Waals surface area contributed by atoms with E-state index in [-0.39, 0.29) is 6.04 Å². The molecule has 2 fully saturated rings. The second kappa shape index (κ2) is 5.15. The molecule has 1 saturated heterocycles. The lowest BCUT2D eigenvalue weighted by Gasteiger charge is -2.40. The molecule has 0 aromatic rings. The van der Waals surface area contributed by atoms with Crippen molar-refractivity contribution in [3.63, 3.8) is 0 Å². The van der Waals surface area contributed by atoms with E-state index in [4.69, 9.17) is 0 Å². The summed E-state index contributed by atoms with van der Waals surface area (Å²) in [6.45, 7) is 4.64. The van der Waals surface area contributed by atoms with E-state index in [9.17, 15) is 9.90 Å². The molecule has 3 atom stereocenters. The summed E-state index contributed by atoms with van der Waals surface area (Å²) in [7, 11) is 0. The summed E-state index contributed by atoms with van der Waals surface area (Å²) in [5.41, 5.74) is 0. The highest BCUT2D eigenvalue weighted by molar-refractivity contribution is 5.74. The van der Waals surface area contributed by atoms with Crippen LogP contribution in [0.4, 0.5) is 0 Å². The molecule has 0 radical (unpaired) electrons. The van der Waals surface area contributed by atoms with Gasteiger partial charge in [-0.3, -0.25) is 9.69 Å². The normalized spacial score (nSPS) is 36.4. The van der Waals surface area contributed by atoms with Crippen LogP contribution in [-0.2, 0) is 4.79 Å². The van der Waals surface area contributed by atoms with Crippen LogP contribution in [0.15, 0.2) is 0 Å². The summed E-state index contributed by atoms with van der Waals surface area (Å²) in [6, 6.07) is 0.194. The van der Waals surface area contributed by atoms with Crippen LogP contribution in [0.3, 0.4) is 0 Å². The molecule has 4 nitrogen and oxygen atoms in total. The first-order valence-corrected chi connectivity index (χ1v) is 6.43. The molecule has 2 aliphatic rings. The number of piperazine rings is 1. The molecule has 0 aromatic carbocycles. The van der Waals surface area contributed by atoms with E-state index in [2.05, 4.69) is 17.1 Å². The number of carboxylic acids is 1. The largest absolute Gasteiger partial charge is 0.480 e. The van der Waals surface area contributed by atoms with E-state index in [1.54, 1.807) is 0 Å². The average Bonchev–Trinajstić information content (AvgIpc) is 2.76. The third-order valence-electron chi connectivity index (χ3n) is 4.14. The molecule has 1 aliphatic heterocycles. The predicted octanol–water partition coefficient (Wildman–Crippen LogP) is 0.923. The fourth-order valence-electron chi connectivity index (χ4n) is 3.28. The number of carbonyl (C=O) groups is 1. The van der Waals surface area contributed by atoms with Crippen molar-refractivity contribution in [2.24, 2.45) is 5.92 Å². The number of carboxylic acid groups (broad SMARTS) is 1. The van der Waals surface area contributed by atoms with Crippen molar-refractivity contribution in [1.29, 1.82) is 0 Å². The Balaban J connectivity index is 2.07. The lowest BCUT2D eigenvalue weighted by Crippen LogP contribution is -2.59. The SMILES string of the molecule is CCC1CCCC1N1CCNCC1C(=O)O. The van der Waals surface area contributed by atoms with Gasteiger partial charge in [0.15, 0.2) is 0 Å². The Bertz CT molecular complexity index is 257. The molecule has 4 heteroatoms. The number of hydrogen-bond donors (Lipinski definition) is 2. The van der Waals surface area contributed by atoms with Crippen LogP contribution in [0.1, 0.15) is 32.6 Å². The summed E-state index contributed by atoms with van der Waals surface area (Å²) < 4.78 is 0. The van der Waals surface area contributed by atoms with E-state index in [0.29, 0.717) is 18.5 Å². The van der Waals surface area contributed by atoms with E-state index in [1.807, 2.05) is 0 Å². The molecule has 0 amide bonds. The summed E-state index contributed by atoms with van der Waals surface area (Å²) in [6.07, 6.45) is 4.90. The van der Waals surface area contributed by atoms with Crippen molar-refractivity contribution in [2.75, 3.05) is 19.6 Å². The van der Waals surface area contributed by atoms with Crippen molar-refractivity contribution in [3.05, 3.63) is 0 Å². The highest BCUT2D eigenvalue weighted by Gasteiger charge is 2.38. The minimum atomic E-state index is -0.672. The Morgan fingerprint density at radius 1 is 1.50 bits per heavy atom. The summed E-state index contributed by atoms with van der Waals surface area (Å²) in [5, 5.41) is 12.4. The molecule has 3 unspecified atom stereocenters. The molecule has 2 rings (SSSR count). The van der Waals surface area contributed by atoms with Crippen LogP contribution < -0.4 is 5.32 Å². The van der Waals surface area contributed by atoms with E-state index < -0.39 is 5.97 Å². The van der Waals surface area contributed by atoms with Gasteiger partial charge in [0.25, 0.3) is 0 Å². The van der Waals surface area contributed by atoms with Crippen LogP contribution in [-0.4, -0.2) is 47.7 Å². The standard InChI is InChI=1S/C12H22N2O2/c1-2-9-4-3-5-10(9)14-7-6-13-8-11(14)12(15)16/h9-11,13H,2-8H2,1H3,(H,15,16). The number of aliphatic carboxylic acids is 1. The molecule has 0 bridgehead atoms. The second-order valence-electron chi connectivity index (χ2n) is 4.96. The molecule has 0 spiro atoms. The van der Waals surface area contributed by atoms with Gasteiger partial charge in [0.1, 0.15) is 6.04 Å². The molecular formula is C12H22N2O2. The number of nitrogens with zero attached hydrogens (tertiary/aromatic N) is 1. The zero-order chi connectivity index (χ0) is 11.5. The molecule has 1 aliphatic carbocycles. The maximum atomic E-state index is 11.2. The molecular weight excluding hydrogens is 204 g/mol. The molecule has 0 aromatic heterocycles. The number of hydrogen-bond acceptors (Lipinski definition) is 3. The van der Waals surface area contributed by atoms with E-state index in [0.717, 1.165) is 13.1 Å². The summed E-state index contributed by atoms with van der Waals surface area (Å²) >= 11 is 0. The van der Waals surface area contributed by atoms with Gasteiger partial charge in [-0.1, -0.05) is 19.8 Å². The Labute approximate surface area is 97.0 Å². The summed E-state index contributed by atoms with van der Waals surface area (Å²) in [5.74, 6) is 0.0360. The Kier molecular flexibility index (Phi) is 3.82. The molecule has 16 heavy (non-hydrogen) atoms. The van der Waals surface area contributed by atoms with Crippen LogP contribution in [0.25, 0.3) is 0 Å². The Hall–Kier alpha value is -0.610. The molecule has 92 valence electrons. The fraction of sp³-hybridized carbons (Fsp3) is 0.917. The summed E-state index contributed by atoms with van der Waals surface area (Å²) in [4.78, 5) is 13.5. The van der Waals surface area contributed by atoms with Gasteiger partial charge in [-0.05, 0) is 18.8 Å². The highest BCUT2D eigenvalue weighted by Crippen LogP contribution is 2.33. The van der Waals surface area contributed by atoms with Crippen molar-refractivity contribution >= 4 is 5.97 Å². The number of rotatable bonds is 3. The lowest BCUT2D eigenvalue weighted by atomic mass is 9.97. The lowest BCUT2D eigenvalue weighted by molar-refractivity contribution is -0.145. The van der Waals surface area contributed by atoms with E-state index >= 15 is 0 Å². The third kappa shape index (κ3) is 2.23. The van der Waals surface area contributed by atoms with Crippen molar-refractivity contribution in [3.8, 4) is 0 Å². The third-order valence-corrected chi connectivity index (χ3v) is 4.14. The van der Waals surface area contributed by atoms with Crippen molar-refractivity contribution < 1.29 is 9.90 Å². The van der Waals surface area contributed by atoms with Crippen LogP contribution >= 0.6 is 0 Å². The van der Waals surface area contributed by atoms with Crippen molar-refractivity contribution in [1.82, 2.24) is 10.2 Å². The van der Waals surface area contributed by atoms with E-state index in [1.165, 1.54) is 25.7 Å². The minimum absolute atomic E-state index is 0.314. The van der Waals surface area contributed by atoms with Gasteiger partial charge in [-0.2, -0.15) is 0 Å². The van der Waals surface area contributed by atoms with Gasteiger partial charge in [0.05, 0.1) is 0 Å². The van der Waals surface area contributed by atoms with Gasteiger partial charge in [-0.25, -0.2) is 0 Å². The van der Waals surface area contributed by atoms with Gasteiger partial charge in [0, 0.05) is 25.7 Å². The topological polar surface area (TPSA) is 52.6 Å². The van der Waals surface area contributed by atoms with Gasteiger partial charge < -0.3 is 10.4 Å². The first-order chi connectivity index (χ1) is 7.74. The zero-order valence-corrected chi connectivity index (χ0v) is 9.98. The first-order valence-electron chi connectivity index (χ1n) is 6.43. The maximum absolute atomic E-state index is 11.2. The fourth-order valence-corrected chi connectivity index (χ4v) is 3.28. The monoisotopic (exact) mass is 226 g/mol. The number of nitrogens with one attached hydrogen (secondary N) is 1. The van der Waals surface area contributed by atoms with Crippen LogP contribution in [0.5, 0.6) is 0 Å². The van der Waals surface area contributed by atoms with Crippen LogP contribution in [0.2, 0.25) is 0 Å². The van der Waals surface area contributed by atoms with Gasteiger partial charge in [-0.15, -0.1) is 0 Å². The van der Waals surface area contributed by atoms with Crippen LogP contribution in [0, 0.1) is 5.92 Å². The quantitative estimate of drug-likeness (QED) is 0.751. The smallest absolute Gasteiger partial charge is 0.322 e. The molecule has 2 N–H and O–H groups in total. The van der Waals surface area contributed by atoms with Gasteiger partial charge in [0.2, 0.25) is 0 Å². The maximum Gasteiger partial charge on any atom is 0.322 e. The minimum Gasteiger partial charge on any atom is -0.480 e.